The van der Waals surface area contributed by atoms with Crippen molar-refractivity contribution in [2.45, 2.75) is 11.8 Å². The summed E-state index contributed by atoms with van der Waals surface area (Å²) in [5.41, 5.74) is 1.04. The Labute approximate surface area is 155 Å². The lowest BCUT2D eigenvalue weighted by Crippen LogP contribution is -2.19. The predicted octanol–water partition coefficient (Wildman–Crippen LogP) is 3.37. The Hall–Kier alpha value is -2.67. The summed E-state index contributed by atoms with van der Waals surface area (Å²) in [6.45, 7) is 2.91. The Balaban J connectivity index is 1.47. The van der Waals surface area contributed by atoms with Gasteiger partial charge in [-0.3, -0.25) is 4.79 Å². The normalized spacial score (nSPS) is 12.7. The number of amides is 1. The van der Waals surface area contributed by atoms with Gasteiger partial charge in [-0.15, -0.1) is 11.8 Å². The Kier molecular flexibility index (Phi) is 6.01. The summed E-state index contributed by atoms with van der Waals surface area (Å²) >= 11 is 1.45. The molecule has 3 rings (SSSR count). The second-order valence-electron chi connectivity index (χ2n) is 5.44. The maximum Gasteiger partial charge on any atom is 0.338 e. The van der Waals surface area contributed by atoms with Crippen LogP contribution in [-0.2, 0) is 9.53 Å². The van der Waals surface area contributed by atoms with E-state index in [2.05, 4.69) is 5.32 Å². The Morgan fingerprint density at radius 3 is 2.54 bits per heavy atom. The van der Waals surface area contributed by atoms with Crippen LogP contribution in [0.3, 0.4) is 0 Å². The van der Waals surface area contributed by atoms with Gasteiger partial charge in [0.05, 0.1) is 23.6 Å². The van der Waals surface area contributed by atoms with Crippen LogP contribution >= 0.6 is 11.8 Å². The first-order valence-electron chi connectivity index (χ1n) is 8.25. The second kappa shape index (κ2) is 8.62. The Bertz CT molecular complexity index is 791. The molecule has 26 heavy (non-hydrogen) atoms. The summed E-state index contributed by atoms with van der Waals surface area (Å²) < 4.78 is 16.1. The van der Waals surface area contributed by atoms with Crippen molar-refractivity contribution in [2.75, 3.05) is 30.9 Å². The largest absolute Gasteiger partial charge is 0.494 e. The summed E-state index contributed by atoms with van der Waals surface area (Å²) in [6.07, 6.45) is 0. The monoisotopic (exact) mass is 373 g/mol. The third-order valence-electron chi connectivity index (χ3n) is 3.57. The number of nitrogens with one attached hydrogen (secondary N) is 1. The maximum absolute atomic E-state index is 12.1. The molecule has 7 heteroatoms. The van der Waals surface area contributed by atoms with Gasteiger partial charge in [0.1, 0.15) is 24.7 Å². The molecule has 0 aromatic heterocycles. The molecule has 1 aliphatic rings. The number of hydrogen-bond donors (Lipinski definition) is 1. The number of thioether (sulfide) groups is 1. The summed E-state index contributed by atoms with van der Waals surface area (Å²) in [5.74, 6) is 1.33. The minimum atomic E-state index is -0.451. The molecule has 136 valence electrons. The summed E-state index contributed by atoms with van der Waals surface area (Å²) in [6, 6.07) is 12.4. The lowest BCUT2D eigenvalue weighted by Gasteiger charge is -2.16. The molecular weight excluding hydrogens is 354 g/mol. The van der Waals surface area contributed by atoms with Crippen LogP contribution in [0.2, 0.25) is 0 Å². The van der Waals surface area contributed by atoms with E-state index in [4.69, 9.17) is 14.2 Å². The van der Waals surface area contributed by atoms with E-state index in [0.29, 0.717) is 29.4 Å². The standard InChI is InChI=1S/C19H19NO5S/c1-2-23-14-4-6-15(7-5-14)24-9-10-25-19(22)13-3-8-17-16(11-13)20-18(21)12-26-17/h3-8,11H,2,9-10,12H2,1H3,(H,20,21). The van der Waals surface area contributed by atoms with Gasteiger partial charge in [-0.25, -0.2) is 4.79 Å². The summed E-state index contributed by atoms with van der Waals surface area (Å²) in [4.78, 5) is 24.5. The number of carbonyl (C=O) groups excluding carboxylic acids is 2. The van der Waals surface area contributed by atoms with Gasteiger partial charge in [0.2, 0.25) is 5.91 Å². The molecule has 0 saturated carbocycles. The average Bonchev–Trinajstić information content (AvgIpc) is 2.66. The van der Waals surface area contributed by atoms with Crippen molar-refractivity contribution in [3.8, 4) is 11.5 Å². The smallest absolute Gasteiger partial charge is 0.338 e. The van der Waals surface area contributed by atoms with Crippen molar-refractivity contribution in [3.05, 3.63) is 48.0 Å². The fraction of sp³-hybridized carbons (Fsp3) is 0.263. The van der Waals surface area contributed by atoms with Crippen LogP contribution in [0.1, 0.15) is 17.3 Å². The fourth-order valence-corrected chi connectivity index (χ4v) is 3.17. The van der Waals surface area contributed by atoms with Crippen molar-refractivity contribution >= 4 is 29.3 Å². The molecule has 0 aliphatic carbocycles. The Morgan fingerprint density at radius 1 is 1.08 bits per heavy atom. The molecule has 1 aliphatic heterocycles. The zero-order valence-electron chi connectivity index (χ0n) is 14.3. The van der Waals surface area contributed by atoms with E-state index in [0.717, 1.165) is 10.6 Å². The van der Waals surface area contributed by atoms with Crippen molar-refractivity contribution in [3.63, 3.8) is 0 Å². The van der Waals surface area contributed by atoms with Crippen molar-refractivity contribution in [1.29, 1.82) is 0 Å². The van der Waals surface area contributed by atoms with Crippen LogP contribution in [0, 0.1) is 0 Å². The molecule has 0 atom stereocenters. The quantitative estimate of drug-likeness (QED) is 0.593. The predicted molar refractivity (Wildman–Crippen MR) is 99.2 cm³/mol. The first-order chi connectivity index (χ1) is 12.7. The molecular formula is C19H19NO5S. The average molecular weight is 373 g/mol. The van der Waals surface area contributed by atoms with Gasteiger partial charge in [-0.1, -0.05) is 0 Å². The third-order valence-corrected chi connectivity index (χ3v) is 4.64. The van der Waals surface area contributed by atoms with Gasteiger partial charge in [-0.05, 0) is 49.4 Å². The molecule has 0 spiro atoms. The van der Waals surface area contributed by atoms with Gasteiger partial charge in [0, 0.05) is 4.90 Å². The molecule has 0 radical (unpaired) electrons. The lowest BCUT2D eigenvalue weighted by molar-refractivity contribution is -0.113. The van der Waals surface area contributed by atoms with Gasteiger partial charge >= 0.3 is 5.97 Å². The van der Waals surface area contributed by atoms with Gasteiger partial charge in [0.15, 0.2) is 0 Å². The number of benzene rings is 2. The molecule has 0 fully saturated rings. The molecule has 6 nitrogen and oxygen atoms in total. The van der Waals surface area contributed by atoms with E-state index in [1.165, 1.54) is 11.8 Å². The number of carbonyl (C=O) groups is 2. The molecule has 2 aromatic carbocycles. The highest BCUT2D eigenvalue weighted by Gasteiger charge is 2.17. The second-order valence-corrected chi connectivity index (χ2v) is 6.45. The van der Waals surface area contributed by atoms with Crippen LogP contribution in [0.5, 0.6) is 11.5 Å². The van der Waals surface area contributed by atoms with E-state index in [1.54, 1.807) is 24.3 Å². The summed E-state index contributed by atoms with van der Waals surface area (Å²) in [5, 5.41) is 2.75. The van der Waals surface area contributed by atoms with E-state index in [-0.39, 0.29) is 19.1 Å². The zero-order valence-corrected chi connectivity index (χ0v) is 15.1. The highest BCUT2D eigenvalue weighted by atomic mass is 32.2. The SMILES string of the molecule is CCOc1ccc(OCCOC(=O)c2ccc3c(c2)NC(=O)CS3)cc1. The van der Waals surface area contributed by atoms with Crippen molar-refractivity contribution < 1.29 is 23.8 Å². The molecule has 1 amide bonds. The molecule has 0 saturated heterocycles. The zero-order chi connectivity index (χ0) is 18.4. The molecule has 0 unspecified atom stereocenters. The fourth-order valence-electron chi connectivity index (χ4n) is 2.39. The number of anilines is 1. The summed E-state index contributed by atoms with van der Waals surface area (Å²) in [7, 11) is 0. The van der Waals surface area contributed by atoms with E-state index < -0.39 is 5.97 Å². The molecule has 2 aromatic rings. The number of rotatable bonds is 7. The maximum atomic E-state index is 12.1. The minimum Gasteiger partial charge on any atom is -0.494 e. The molecule has 0 bridgehead atoms. The van der Waals surface area contributed by atoms with Crippen LogP contribution in [0.15, 0.2) is 47.4 Å². The van der Waals surface area contributed by atoms with Gasteiger partial charge < -0.3 is 19.5 Å². The highest BCUT2D eigenvalue weighted by molar-refractivity contribution is 8.00. The van der Waals surface area contributed by atoms with E-state index in [1.807, 2.05) is 25.1 Å². The number of fused-ring (bicyclic) bond motifs is 1. The van der Waals surface area contributed by atoms with Crippen molar-refractivity contribution in [1.82, 2.24) is 0 Å². The third kappa shape index (κ3) is 4.70. The lowest BCUT2D eigenvalue weighted by atomic mass is 10.2. The highest BCUT2D eigenvalue weighted by Crippen LogP contribution is 2.32. The number of ether oxygens (including phenoxy) is 3. The topological polar surface area (TPSA) is 73.9 Å². The Morgan fingerprint density at radius 2 is 1.81 bits per heavy atom. The van der Waals surface area contributed by atoms with Crippen LogP contribution in [0.4, 0.5) is 5.69 Å². The number of hydrogen-bond acceptors (Lipinski definition) is 6. The van der Waals surface area contributed by atoms with Crippen LogP contribution in [-0.4, -0.2) is 37.4 Å². The number of esters is 1. The van der Waals surface area contributed by atoms with Crippen LogP contribution in [0.25, 0.3) is 0 Å². The molecule has 1 heterocycles. The first kappa shape index (κ1) is 18.1. The van der Waals surface area contributed by atoms with Gasteiger partial charge in [0.25, 0.3) is 0 Å². The molecule has 1 N–H and O–H groups in total. The van der Waals surface area contributed by atoms with E-state index in [9.17, 15) is 9.59 Å². The van der Waals surface area contributed by atoms with E-state index >= 15 is 0 Å². The minimum absolute atomic E-state index is 0.0724. The van der Waals surface area contributed by atoms with Crippen molar-refractivity contribution in [2.24, 2.45) is 0 Å². The van der Waals surface area contributed by atoms with Gasteiger partial charge in [-0.2, -0.15) is 0 Å². The van der Waals surface area contributed by atoms with Crippen LogP contribution < -0.4 is 14.8 Å². The first-order valence-corrected chi connectivity index (χ1v) is 9.24.